The summed E-state index contributed by atoms with van der Waals surface area (Å²) >= 11 is 0. The van der Waals surface area contributed by atoms with Gasteiger partial charge >= 0.3 is 6.18 Å². The Morgan fingerprint density at radius 2 is 2.00 bits per heavy atom. The topological polar surface area (TPSA) is 37.6 Å². The highest BCUT2D eigenvalue weighted by molar-refractivity contribution is 6.04. The van der Waals surface area contributed by atoms with E-state index in [0.717, 1.165) is 12.3 Å². The molecule has 0 saturated carbocycles. The Balaban J connectivity index is 2.57. The Morgan fingerprint density at radius 3 is 2.57 bits per heavy atom. The summed E-state index contributed by atoms with van der Waals surface area (Å²) in [5.74, 6) is -0.395. The molecule has 2 heterocycles. The first-order chi connectivity index (χ1) is 9.70. The minimum Gasteiger partial charge on any atom is -0.383 e. The van der Waals surface area contributed by atoms with Gasteiger partial charge in [-0.15, -0.1) is 0 Å². The van der Waals surface area contributed by atoms with Gasteiger partial charge in [0.1, 0.15) is 11.3 Å². The van der Waals surface area contributed by atoms with Gasteiger partial charge in [-0.2, -0.15) is 13.2 Å². The van der Waals surface area contributed by atoms with Gasteiger partial charge in [-0.3, -0.25) is 9.20 Å². The lowest BCUT2D eigenvalue weighted by atomic mass is 10.2. The van der Waals surface area contributed by atoms with E-state index < -0.39 is 17.5 Å². The van der Waals surface area contributed by atoms with Crippen LogP contribution in [0.4, 0.5) is 13.2 Å². The van der Waals surface area contributed by atoms with Crippen molar-refractivity contribution in [1.29, 1.82) is 0 Å². The Labute approximate surface area is 119 Å². The lowest BCUT2D eigenvalue weighted by Crippen LogP contribution is -2.09. The third-order valence-corrected chi connectivity index (χ3v) is 2.88. The monoisotopic (exact) mass is 297 g/mol. The van der Waals surface area contributed by atoms with Crippen molar-refractivity contribution in [1.82, 2.24) is 14.3 Å². The highest BCUT2D eigenvalue weighted by Crippen LogP contribution is 2.29. The normalized spacial score (nSPS) is 12.3. The molecule has 2 aromatic rings. The first-order valence-corrected chi connectivity index (χ1v) is 6.15. The van der Waals surface area contributed by atoms with E-state index in [0.29, 0.717) is 11.3 Å². The maximum Gasteiger partial charge on any atom is 0.417 e. The van der Waals surface area contributed by atoms with Crippen molar-refractivity contribution in [3.63, 3.8) is 0 Å². The van der Waals surface area contributed by atoms with Crippen molar-refractivity contribution in [2.75, 3.05) is 14.1 Å². The lowest BCUT2D eigenvalue weighted by Gasteiger charge is -2.08. The number of alkyl halides is 3. The summed E-state index contributed by atoms with van der Waals surface area (Å²) in [5, 5.41) is 0. The van der Waals surface area contributed by atoms with Gasteiger partial charge in [-0.1, -0.05) is 0 Å². The van der Waals surface area contributed by atoms with Crippen LogP contribution < -0.4 is 0 Å². The molecule has 0 fully saturated rings. The number of ketones is 1. The fourth-order valence-electron chi connectivity index (χ4n) is 1.92. The second kappa shape index (κ2) is 5.23. The fraction of sp³-hybridized carbons (Fsp3) is 0.286. The molecule has 0 bridgehead atoms. The average Bonchev–Trinajstić information content (AvgIpc) is 2.69. The number of hydrogen-bond acceptors (Lipinski definition) is 3. The van der Waals surface area contributed by atoms with Crippen LogP contribution in [0.2, 0.25) is 0 Å². The third kappa shape index (κ3) is 3.07. The molecule has 21 heavy (non-hydrogen) atoms. The molecule has 0 aromatic carbocycles. The Morgan fingerprint density at radius 1 is 1.33 bits per heavy atom. The van der Waals surface area contributed by atoms with Crippen LogP contribution in [0, 0.1) is 6.92 Å². The molecule has 0 aliphatic carbocycles. The number of aryl methyl sites for hydroxylation is 1. The summed E-state index contributed by atoms with van der Waals surface area (Å²) < 4.78 is 39.5. The Hall–Kier alpha value is -2.31. The molecule has 0 radical (unpaired) electrons. The van der Waals surface area contributed by atoms with E-state index in [-0.39, 0.29) is 5.69 Å². The van der Waals surface area contributed by atoms with Crippen molar-refractivity contribution in [2.24, 2.45) is 0 Å². The minimum absolute atomic E-state index is 0.134. The first-order valence-electron chi connectivity index (χ1n) is 6.15. The quantitative estimate of drug-likeness (QED) is 0.646. The number of nitrogens with zero attached hydrogens (tertiary/aromatic N) is 3. The number of hydrogen-bond donors (Lipinski definition) is 0. The number of pyridine rings is 1. The van der Waals surface area contributed by atoms with Crippen LogP contribution in [-0.2, 0) is 6.18 Å². The molecule has 2 aromatic heterocycles. The van der Waals surface area contributed by atoms with Gasteiger partial charge in [-0.05, 0) is 19.1 Å². The molecule has 0 unspecified atom stereocenters. The maximum absolute atomic E-state index is 12.8. The zero-order chi connectivity index (χ0) is 15.8. The summed E-state index contributed by atoms with van der Waals surface area (Å²) in [4.78, 5) is 17.9. The van der Waals surface area contributed by atoms with E-state index in [1.54, 1.807) is 25.9 Å². The predicted molar refractivity (Wildman–Crippen MR) is 72.1 cm³/mol. The highest BCUT2D eigenvalue weighted by atomic mass is 19.4. The van der Waals surface area contributed by atoms with Crippen molar-refractivity contribution >= 4 is 11.4 Å². The SMILES string of the molecule is Cc1nc2ccc(C(F)(F)F)cn2c1C(=O)C=CN(C)C. The molecule has 2 rings (SSSR count). The molecule has 0 atom stereocenters. The predicted octanol–water partition coefficient (Wildman–Crippen LogP) is 2.92. The number of imidazole rings is 1. The minimum atomic E-state index is -4.47. The number of allylic oxidation sites excluding steroid dienone is 1. The number of halogens is 3. The van der Waals surface area contributed by atoms with Crippen LogP contribution >= 0.6 is 0 Å². The van der Waals surface area contributed by atoms with Crippen LogP contribution in [0.5, 0.6) is 0 Å². The van der Waals surface area contributed by atoms with E-state index in [1.165, 1.54) is 22.7 Å². The Kier molecular flexibility index (Phi) is 3.76. The Bertz CT molecular complexity index is 714. The largest absolute Gasteiger partial charge is 0.417 e. The van der Waals surface area contributed by atoms with Crippen LogP contribution in [-0.4, -0.2) is 34.2 Å². The summed E-state index contributed by atoms with van der Waals surface area (Å²) in [5.41, 5.74) is 0.0112. The van der Waals surface area contributed by atoms with E-state index in [2.05, 4.69) is 4.98 Å². The van der Waals surface area contributed by atoms with Crippen LogP contribution in [0.3, 0.4) is 0 Å². The van der Waals surface area contributed by atoms with Gasteiger partial charge < -0.3 is 4.90 Å². The smallest absolute Gasteiger partial charge is 0.383 e. The van der Waals surface area contributed by atoms with Crippen molar-refractivity contribution in [3.05, 3.63) is 47.6 Å². The van der Waals surface area contributed by atoms with Gasteiger partial charge in [0.25, 0.3) is 0 Å². The fourth-order valence-corrected chi connectivity index (χ4v) is 1.92. The second-order valence-corrected chi connectivity index (χ2v) is 4.83. The van der Waals surface area contributed by atoms with Gasteiger partial charge in [-0.25, -0.2) is 4.98 Å². The third-order valence-electron chi connectivity index (χ3n) is 2.88. The van der Waals surface area contributed by atoms with Crippen LogP contribution in [0.25, 0.3) is 5.65 Å². The van der Waals surface area contributed by atoms with Gasteiger partial charge in [0.2, 0.25) is 5.78 Å². The second-order valence-electron chi connectivity index (χ2n) is 4.83. The maximum atomic E-state index is 12.8. The molecule has 0 spiro atoms. The average molecular weight is 297 g/mol. The number of fused-ring (bicyclic) bond motifs is 1. The molecule has 0 amide bonds. The molecular formula is C14H14F3N3O. The van der Waals surface area contributed by atoms with Crippen molar-refractivity contribution < 1.29 is 18.0 Å². The molecule has 0 aliphatic rings. The number of rotatable bonds is 3. The molecule has 112 valence electrons. The zero-order valence-corrected chi connectivity index (χ0v) is 11.8. The van der Waals surface area contributed by atoms with Gasteiger partial charge in [0, 0.05) is 32.6 Å². The molecule has 4 nitrogen and oxygen atoms in total. The van der Waals surface area contributed by atoms with Gasteiger partial charge in [0.15, 0.2) is 0 Å². The number of carbonyl (C=O) groups excluding carboxylic acids is 1. The van der Waals surface area contributed by atoms with E-state index >= 15 is 0 Å². The summed E-state index contributed by atoms with van der Waals surface area (Å²) in [6.45, 7) is 1.59. The van der Waals surface area contributed by atoms with Crippen LogP contribution in [0.1, 0.15) is 21.7 Å². The molecular weight excluding hydrogens is 283 g/mol. The van der Waals surface area contributed by atoms with E-state index in [1.807, 2.05) is 0 Å². The molecule has 0 saturated heterocycles. The molecule has 0 aliphatic heterocycles. The number of aromatic nitrogens is 2. The van der Waals surface area contributed by atoms with Crippen LogP contribution in [0.15, 0.2) is 30.6 Å². The van der Waals surface area contributed by atoms with Crippen molar-refractivity contribution in [2.45, 2.75) is 13.1 Å². The molecule has 0 N–H and O–H groups in total. The first kappa shape index (κ1) is 15.1. The number of carbonyl (C=O) groups is 1. The standard InChI is InChI=1S/C14H14F3N3O/c1-9-13(11(21)6-7-19(2)3)20-8-10(14(15,16)17)4-5-12(20)18-9/h4-8H,1-3H3. The summed E-state index contributed by atoms with van der Waals surface area (Å²) in [7, 11) is 3.49. The van der Waals surface area contributed by atoms with E-state index in [4.69, 9.17) is 0 Å². The lowest BCUT2D eigenvalue weighted by molar-refractivity contribution is -0.137. The summed E-state index contributed by atoms with van der Waals surface area (Å²) in [6.07, 6.45) is -0.732. The van der Waals surface area contributed by atoms with Crippen molar-refractivity contribution in [3.8, 4) is 0 Å². The van der Waals surface area contributed by atoms with Gasteiger partial charge in [0.05, 0.1) is 11.3 Å². The summed E-state index contributed by atoms with van der Waals surface area (Å²) in [6, 6.07) is 2.20. The molecule has 7 heteroatoms. The van der Waals surface area contributed by atoms with E-state index in [9.17, 15) is 18.0 Å². The zero-order valence-electron chi connectivity index (χ0n) is 11.8. The highest BCUT2D eigenvalue weighted by Gasteiger charge is 2.31.